The van der Waals surface area contributed by atoms with Gasteiger partial charge in [0.1, 0.15) is 5.82 Å². The second-order valence-electron chi connectivity index (χ2n) is 8.20. The molecule has 0 unspecified atom stereocenters. The first-order chi connectivity index (χ1) is 14.5. The van der Waals surface area contributed by atoms with Crippen molar-refractivity contribution in [1.82, 2.24) is 14.8 Å². The Morgan fingerprint density at radius 3 is 2.47 bits per heavy atom. The van der Waals surface area contributed by atoms with Gasteiger partial charge in [0.25, 0.3) is 0 Å². The summed E-state index contributed by atoms with van der Waals surface area (Å²) in [4.78, 5) is 4.82. The molecule has 0 radical (unpaired) electrons. The third kappa shape index (κ3) is 2.89. The van der Waals surface area contributed by atoms with Gasteiger partial charge in [0.2, 0.25) is 0 Å². The normalized spacial score (nSPS) is 17.4. The molecule has 1 N–H and O–H groups in total. The smallest absolute Gasteiger partial charge is 0.181 e. The Morgan fingerprint density at radius 1 is 0.967 bits per heavy atom. The number of fused-ring (bicyclic) bond motifs is 3. The number of benzene rings is 3. The Hall–Kier alpha value is -3.47. The Morgan fingerprint density at radius 2 is 1.73 bits per heavy atom. The minimum atomic E-state index is -0.627. The number of para-hydroxylation sites is 1. The van der Waals surface area contributed by atoms with Crippen molar-refractivity contribution in [3.8, 4) is 22.8 Å². The zero-order chi connectivity index (χ0) is 20.9. The lowest BCUT2D eigenvalue weighted by atomic mass is 9.94. The lowest BCUT2D eigenvalue weighted by Crippen LogP contribution is -2.43. The molecule has 0 amide bonds. The van der Waals surface area contributed by atoms with E-state index in [4.69, 9.17) is 10.1 Å². The molecule has 0 saturated carbocycles. The van der Waals surface area contributed by atoms with Crippen LogP contribution in [0.3, 0.4) is 0 Å². The molecule has 1 aliphatic heterocycles. The summed E-state index contributed by atoms with van der Waals surface area (Å²) in [6.07, 6.45) is 0. The third-order valence-electron chi connectivity index (χ3n) is 5.80. The summed E-state index contributed by atoms with van der Waals surface area (Å²) >= 11 is 0. The first kappa shape index (κ1) is 18.6. The monoisotopic (exact) mass is 398 g/mol. The lowest BCUT2D eigenvalue weighted by Gasteiger charge is -2.38. The number of halogens is 1. The molecule has 0 spiro atoms. The molecule has 0 fully saturated rings. The Balaban J connectivity index is 1.70. The van der Waals surface area contributed by atoms with Gasteiger partial charge < -0.3 is 5.32 Å². The van der Waals surface area contributed by atoms with Gasteiger partial charge in [0, 0.05) is 16.8 Å². The number of aromatic nitrogens is 3. The summed E-state index contributed by atoms with van der Waals surface area (Å²) in [6.45, 7) is 6.47. The van der Waals surface area contributed by atoms with E-state index in [-0.39, 0.29) is 5.82 Å². The number of hydrogen-bond acceptors (Lipinski definition) is 3. The summed E-state index contributed by atoms with van der Waals surface area (Å²) in [5.74, 6) is 1.44. The largest absolute Gasteiger partial charge is 0.357 e. The molecule has 1 aliphatic rings. The number of anilines is 1. The average Bonchev–Trinajstić information content (AvgIpc) is 3.21. The number of rotatable bonds is 3. The maximum absolute atomic E-state index is 13.8. The van der Waals surface area contributed by atoms with E-state index in [9.17, 15) is 4.39 Å². The fraction of sp³-hybridized carbons (Fsp3) is 0.200. The minimum absolute atomic E-state index is 0.300. The topological polar surface area (TPSA) is 42.7 Å². The molecule has 0 bridgehead atoms. The maximum atomic E-state index is 13.8. The van der Waals surface area contributed by atoms with Crippen LogP contribution in [0.25, 0.3) is 22.8 Å². The standard InChI is InChI=1S/C25H23FN4/c1-16(2)17-11-13-19(14-12-17)25(3)28-22-10-5-4-9-21(22)24-27-23(29-30(24)25)18-7-6-8-20(26)15-18/h4-16,28H,1-3H3/t25-/m1/s1. The van der Waals surface area contributed by atoms with E-state index in [1.54, 1.807) is 6.07 Å². The van der Waals surface area contributed by atoms with Gasteiger partial charge in [-0.25, -0.2) is 14.1 Å². The molecule has 30 heavy (non-hydrogen) atoms. The van der Waals surface area contributed by atoms with Gasteiger partial charge in [0.05, 0.1) is 0 Å². The second-order valence-corrected chi connectivity index (χ2v) is 8.20. The van der Waals surface area contributed by atoms with E-state index in [0.29, 0.717) is 17.3 Å². The molecule has 4 aromatic rings. The van der Waals surface area contributed by atoms with Gasteiger partial charge in [-0.05, 0) is 48.2 Å². The van der Waals surface area contributed by atoms with Crippen molar-refractivity contribution in [2.45, 2.75) is 32.4 Å². The molecule has 2 heterocycles. The van der Waals surface area contributed by atoms with E-state index in [1.165, 1.54) is 17.7 Å². The molecular weight excluding hydrogens is 375 g/mol. The average molecular weight is 398 g/mol. The number of nitrogens with one attached hydrogen (secondary N) is 1. The summed E-state index contributed by atoms with van der Waals surface area (Å²) < 4.78 is 15.7. The molecule has 1 atom stereocenters. The van der Waals surface area contributed by atoms with Crippen LogP contribution in [-0.4, -0.2) is 14.8 Å². The molecule has 5 rings (SSSR count). The van der Waals surface area contributed by atoms with Crippen molar-refractivity contribution < 1.29 is 4.39 Å². The van der Waals surface area contributed by atoms with Crippen molar-refractivity contribution in [3.05, 3.63) is 89.7 Å². The molecule has 4 nitrogen and oxygen atoms in total. The highest BCUT2D eigenvalue weighted by atomic mass is 19.1. The number of hydrogen-bond donors (Lipinski definition) is 1. The molecule has 1 aromatic heterocycles. The number of nitrogens with zero attached hydrogens (tertiary/aromatic N) is 3. The molecule has 3 aromatic carbocycles. The highest BCUT2D eigenvalue weighted by Crippen LogP contribution is 2.41. The first-order valence-corrected chi connectivity index (χ1v) is 10.2. The van der Waals surface area contributed by atoms with Gasteiger partial charge >= 0.3 is 0 Å². The SMILES string of the molecule is CC(C)c1ccc([C@]2(C)Nc3ccccc3-c3nc(-c4cccc(F)c4)nn32)cc1. The maximum Gasteiger partial charge on any atom is 0.181 e. The van der Waals surface area contributed by atoms with Crippen LogP contribution in [0.5, 0.6) is 0 Å². The van der Waals surface area contributed by atoms with Gasteiger partial charge in [0.15, 0.2) is 17.3 Å². The molecule has 5 heteroatoms. The van der Waals surface area contributed by atoms with E-state index < -0.39 is 5.66 Å². The molecule has 0 saturated heterocycles. The third-order valence-corrected chi connectivity index (χ3v) is 5.80. The van der Waals surface area contributed by atoms with Gasteiger partial charge in [-0.1, -0.05) is 62.4 Å². The van der Waals surface area contributed by atoms with Crippen LogP contribution in [0.1, 0.15) is 37.8 Å². The fourth-order valence-corrected chi connectivity index (χ4v) is 4.04. The molecular formula is C25H23FN4. The van der Waals surface area contributed by atoms with Gasteiger partial charge in [-0.3, -0.25) is 0 Å². The predicted molar refractivity (Wildman–Crippen MR) is 118 cm³/mol. The van der Waals surface area contributed by atoms with Crippen molar-refractivity contribution in [1.29, 1.82) is 0 Å². The zero-order valence-electron chi connectivity index (χ0n) is 17.2. The Bertz CT molecular complexity index is 1230. The van der Waals surface area contributed by atoms with Gasteiger partial charge in [-0.2, -0.15) is 0 Å². The highest BCUT2D eigenvalue weighted by molar-refractivity contribution is 5.78. The predicted octanol–water partition coefficient (Wildman–Crippen LogP) is 6.02. The van der Waals surface area contributed by atoms with Crippen LogP contribution in [0.4, 0.5) is 10.1 Å². The van der Waals surface area contributed by atoms with Crippen molar-refractivity contribution in [3.63, 3.8) is 0 Å². The fourth-order valence-electron chi connectivity index (χ4n) is 4.04. The summed E-state index contributed by atoms with van der Waals surface area (Å²) in [6, 6.07) is 23.1. The van der Waals surface area contributed by atoms with Crippen molar-refractivity contribution in [2.24, 2.45) is 0 Å². The second kappa shape index (κ2) is 6.80. The lowest BCUT2D eigenvalue weighted by molar-refractivity contribution is 0.403. The van der Waals surface area contributed by atoms with Crippen LogP contribution in [0.15, 0.2) is 72.8 Å². The minimum Gasteiger partial charge on any atom is -0.357 e. The summed E-state index contributed by atoms with van der Waals surface area (Å²) in [5.41, 5.74) is 4.38. The Kier molecular flexibility index (Phi) is 4.21. The van der Waals surface area contributed by atoms with E-state index in [2.05, 4.69) is 56.4 Å². The summed E-state index contributed by atoms with van der Waals surface area (Å²) in [5, 5.41) is 8.48. The quantitative estimate of drug-likeness (QED) is 0.459. The van der Waals surface area contributed by atoms with E-state index in [0.717, 1.165) is 22.6 Å². The highest BCUT2D eigenvalue weighted by Gasteiger charge is 2.38. The van der Waals surface area contributed by atoms with Crippen LogP contribution >= 0.6 is 0 Å². The van der Waals surface area contributed by atoms with Crippen LogP contribution in [-0.2, 0) is 5.66 Å². The first-order valence-electron chi connectivity index (χ1n) is 10.2. The van der Waals surface area contributed by atoms with Crippen LogP contribution in [0, 0.1) is 5.82 Å². The molecule has 150 valence electrons. The van der Waals surface area contributed by atoms with Crippen LogP contribution < -0.4 is 5.32 Å². The summed E-state index contributed by atoms with van der Waals surface area (Å²) in [7, 11) is 0. The molecule has 0 aliphatic carbocycles. The van der Waals surface area contributed by atoms with Crippen molar-refractivity contribution in [2.75, 3.05) is 5.32 Å². The zero-order valence-corrected chi connectivity index (χ0v) is 17.2. The Labute approximate surface area is 175 Å². The van der Waals surface area contributed by atoms with Gasteiger partial charge in [-0.15, -0.1) is 5.10 Å². The van der Waals surface area contributed by atoms with E-state index in [1.807, 2.05) is 28.9 Å². The van der Waals surface area contributed by atoms with Crippen molar-refractivity contribution >= 4 is 5.69 Å². The van der Waals surface area contributed by atoms with Crippen LogP contribution in [0.2, 0.25) is 0 Å². The van der Waals surface area contributed by atoms with E-state index >= 15 is 0 Å².